The molecule has 5 nitrogen and oxygen atoms in total. The van der Waals surface area contributed by atoms with E-state index in [1.54, 1.807) is 36.4 Å². The third-order valence-corrected chi connectivity index (χ3v) is 5.97. The number of hydrogen-bond donors (Lipinski definition) is 1. The van der Waals surface area contributed by atoms with E-state index in [0.717, 1.165) is 4.88 Å². The number of nitrogens with zero attached hydrogens (tertiary/aromatic N) is 1. The van der Waals surface area contributed by atoms with Gasteiger partial charge in [0.25, 0.3) is 11.7 Å². The van der Waals surface area contributed by atoms with Crippen LogP contribution in [0.2, 0.25) is 5.02 Å². The lowest BCUT2D eigenvalue weighted by Gasteiger charge is -2.22. The Hall–Kier alpha value is -2.35. The molecule has 0 bridgehead atoms. The van der Waals surface area contributed by atoms with Crippen molar-refractivity contribution in [2.75, 3.05) is 0 Å². The molecule has 1 N–H and O–H groups in total. The van der Waals surface area contributed by atoms with Crippen LogP contribution in [-0.2, 0) is 16.1 Å². The number of benzene rings is 1. The topological polar surface area (TPSA) is 70.8 Å². The van der Waals surface area contributed by atoms with Gasteiger partial charge >= 0.3 is 0 Å². The van der Waals surface area contributed by atoms with Gasteiger partial charge in [0.1, 0.15) is 17.6 Å². The first-order valence-electron chi connectivity index (χ1n) is 8.27. The van der Waals surface area contributed by atoms with Gasteiger partial charge in [-0.2, -0.15) is 0 Å². The molecule has 0 saturated carbocycles. The van der Waals surface area contributed by atoms with Gasteiger partial charge in [-0.25, -0.2) is 0 Å². The first-order chi connectivity index (χ1) is 13.5. The van der Waals surface area contributed by atoms with E-state index >= 15 is 0 Å². The monoisotopic (exact) mass is 477 g/mol. The maximum Gasteiger partial charge on any atom is 0.296 e. The van der Waals surface area contributed by atoms with Crippen LogP contribution in [-0.4, -0.2) is 21.7 Å². The molecule has 1 amide bonds. The summed E-state index contributed by atoms with van der Waals surface area (Å²) in [5.74, 6) is -1.30. The lowest BCUT2D eigenvalue weighted by Crippen LogP contribution is -2.28. The van der Waals surface area contributed by atoms with Gasteiger partial charge < -0.3 is 14.4 Å². The number of likely N-dealkylation sites (tertiary alicyclic amines) is 1. The minimum Gasteiger partial charge on any atom is -0.507 e. The maximum atomic E-state index is 12.8. The van der Waals surface area contributed by atoms with E-state index in [1.165, 1.54) is 16.2 Å². The Balaban J connectivity index is 1.85. The van der Waals surface area contributed by atoms with Crippen molar-refractivity contribution in [1.29, 1.82) is 0 Å². The Bertz CT molecular complexity index is 1070. The van der Waals surface area contributed by atoms with E-state index in [1.807, 2.05) is 17.5 Å². The van der Waals surface area contributed by atoms with Crippen LogP contribution in [0, 0.1) is 0 Å². The minimum absolute atomic E-state index is 0.00858. The van der Waals surface area contributed by atoms with E-state index < -0.39 is 17.7 Å². The zero-order valence-electron chi connectivity index (χ0n) is 14.3. The summed E-state index contributed by atoms with van der Waals surface area (Å²) in [6.45, 7) is 0.239. The number of carbonyl (C=O) groups excluding carboxylic acids is 2. The highest BCUT2D eigenvalue weighted by atomic mass is 79.9. The van der Waals surface area contributed by atoms with Gasteiger partial charge in [0, 0.05) is 15.5 Å². The van der Waals surface area contributed by atoms with E-state index in [-0.39, 0.29) is 17.9 Å². The number of ketones is 1. The van der Waals surface area contributed by atoms with Crippen molar-refractivity contribution in [3.63, 3.8) is 0 Å². The van der Waals surface area contributed by atoms with Gasteiger partial charge in [-0.1, -0.05) is 17.7 Å². The molecule has 1 unspecified atom stereocenters. The van der Waals surface area contributed by atoms with E-state index in [4.69, 9.17) is 16.0 Å². The fourth-order valence-corrected chi connectivity index (χ4v) is 4.30. The van der Waals surface area contributed by atoms with Crippen molar-refractivity contribution in [2.45, 2.75) is 12.6 Å². The molecule has 1 aliphatic rings. The number of aliphatic hydroxyl groups is 1. The molecule has 1 atom stereocenters. The van der Waals surface area contributed by atoms with Crippen LogP contribution >= 0.6 is 38.9 Å². The third-order valence-electron chi connectivity index (χ3n) is 4.43. The number of hydrogen-bond acceptors (Lipinski definition) is 5. The predicted molar refractivity (Wildman–Crippen MR) is 110 cm³/mol. The van der Waals surface area contributed by atoms with Crippen LogP contribution in [0.1, 0.15) is 22.2 Å². The highest BCUT2D eigenvalue weighted by Gasteiger charge is 2.47. The van der Waals surface area contributed by atoms with Crippen molar-refractivity contribution in [1.82, 2.24) is 4.90 Å². The Kier molecular flexibility index (Phi) is 5.14. The Morgan fingerprint density at radius 1 is 1.18 bits per heavy atom. The Labute approximate surface area is 178 Å². The van der Waals surface area contributed by atoms with Crippen molar-refractivity contribution >= 4 is 56.3 Å². The zero-order chi connectivity index (χ0) is 19.8. The molecule has 8 heteroatoms. The summed E-state index contributed by atoms with van der Waals surface area (Å²) in [5.41, 5.74) is 0.389. The number of thiophene rings is 1. The molecule has 2 aromatic heterocycles. The van der Waals surface area contributed by atoms with Crippen molar-refractivity contribution in [3.8, 4) is 0 Å². The lowest BCUT2D eigenvalue weighted by molar-refractivity contribution is -0.140. The maximum absolute atomic E-state index is 12.8. The second-order valence-electron chi connectivity index (χ2n) is 6.16. The quantitative estimate of drug-likeness (QED) is 0.310. The van der Waals surface area contributed by atoms with E-state index in [2.05, 4.69) is 15.9 Å². The summed E-state index contributed by atoms with van der Waals surface area (Å²) in [4.78, 5) is 28.0. The highest BCUT2D eigenvalue weighted by molar-refractivity contribution is 9.10. The van der Waals surface area contributed by atoms with Crippen LogP contribution in [0.15, 0.2) is 68.6 Å². The van der Waals surface area contributed by atoms with Gasteiger partial charge in [-0.05, 0) is 63.8 Å². The molecule has 0 aliphatic carbocycles. The van der Waals surface area contributed by atoms with Crippen molar-refractivity contribution in [2.24, 2.45) is 0 Å². The zero-order valence-corrected chi connectivity index (χ0v) is 17.4. The molecule has 1 fully saturated rings. The molecular weight excluding hydrogens is 466 g/mol. The molecule has 0 radical (unpaired) electrons. The summed E-state index contributed by atoms with van der Waals surface area (Å²) in [6.07, 6.45) is 0. The normalized spacial score (nSPS) is 18.8. The molecule has 142 valence electrons. The SMILES string of the molecule is O=C1C(=O)N(Cc2cccs2)C(c2ccc(Br)o2)/C1=C(\O)c1ccc(Cl)cc1. The standard InChI is InChI=1S/C20H13BrClNO4S/c21-15-8-7-14(27-15)17-16(18(24)11-3-5-12(22)6-4-11)19(25)20(26)23(17)10-13-2-1-9-28-13/h1-9,17,24H,10H2/b18-16+. The number of amides is 1. The number of Topliss-reactive ketones (excluding diaryl/α,β-unsaturated/α-hetero) is 1. The molecule has 3 heterocycles. The molecule has 28 heavy (non-hydrogen) atoms. The number of aliphatic hydroxyl groups excluding tert-OH is 1. The number of halogens is 2. The Morgan fingerprint density at radius 2 is 1.93 bits per heavy atom. The minimum atomic E-state index is -0.830. The largest absolute Gasteiger partial charge is 0.507 e. The van der Waals surface area contributed by atoms with Gasteiger partial charge in [0.15, 0.2) is 4.67 Å². The van der Waals surface area contributed by atoms with Crippen LogP contribution in [0.4, 0.5) is 0 Å². The number of furan rings is 1. The average Bonchev–Trinajstić information content (AvgIpc) is 3.39. The fourth-order valence-electron chi connectivity index (χ4n) is 3.15. The van der Waals surface area contributed by atoms with Gasteiger partial charge in [0.05, 0.1) is 12.1 Å². The molecule has 1 aromatic carbocycles. The summed E-state index contributed by atoms with van der Waals surface area (Å²) in [6, 6.07) is 12.7. The van der Waals surface area contributed by atoms with E-state index in [0.29, 0.717) is 21.0 Å². The fraction of sp³-hybridized carbons (Fsp3) is 0.100. The molecule has 1 aliphatic heterocycles. The summed E-state index contributed by atoms with van der Waals surface area (Å²) in [7, 11) is 0. The highest BCUT2D eigenvalue weighted by Crippen LogP contribution is 2.41. The Morgan fingerprint density at radius 3 is 2.54 bits per heavy atom. The van der Waals surface area contributed by atoms with Crippen LogP contribution in [0.5, 0.6) is 0 Å². The average molecular weight is 479 g/mol. The van der Waals surface area contributed by atoms with Gasteiger partial charge in [0.2, 0.25) is 0 Å². The molecule has 3 aromatic rings. The second kappa shape index (κ2) is 7.58. The van der Waals surface area contributed by atoms with Crippen LogP contribution in [0.25, 0.3) is 5.76 Å². The van der Waals surface area contributed by atoms with Gasteiger partial charge in [-0.15, -0.1) is 11.3 Å². The number of rotatable bonds is 4. The van der Waals surface area contributed by atoms with Crippen molar-refractivity contribution in [3.05, 3.63) is 85.4 Å². The first kappa shape index (κ1) is 19.0. The smallest absolute Gasteiger partial charge is 0.296 e. The van der Waals surface area contributed by atoms with Crippen LogP contribution in [0.3, 0.4) is 0 Å². The number of carbonyl (C=O) groups is 2. The third kappa shape index (κ3) is 3.41. The van der Waals surface area contributed by atoms with E-state index in [9.17, 15) is 14.7 Å². The second-order valence-corrected chi connectivity index (χ2v) is 8.41. The predicted octanol–water partition coefficient (Wildman–Crippen LogP) is 5.38. The van der Waals surface area contributed by atoms with Crippen LogP contribution < -0.4 is 0 Å². The summed E-state index contributed by atoms with van der Waals surface area (Å²) < 4.78 is 6.12. The first-order valence-corrected chi connectivity index (χ1v) is 10.3. The van der Waals surface area contributed by atoms with Crippen molar-refractivity contribution < 1.29 is 19.1 Å². The molecular formula is C20H13BrClNO4S. The van der Waals surface area contributed by atoms with Gasteiger partial charge in [-0.3, -0.25) is 9.59 Å². The summed E-state index contributed by atoms with van der Waals surface area (Å²) >= 11 is 10.7. The lowest BCUT2D eigenvalue weighted by atomic mass is 9.99. The summed E-state index contributed by atoms with van der Waals surface area (Å²) in [5, 5.41) is 13.3. The molecule has 4 rings (SSSR count). The molecule has 1 saturated heterocycles. The molecule has 0 spiro atoms.